The highest BCUT2D eigenvalue weighted by Gasteiger charge is 2.12. The van der Waals surface area contributed by atoms with Crippen molar-refractivity contribution in [1.29, 1.82) is 0 Å². The number of terminal acetylenes is 1. The quantitative estimate of drug-likeness (QED) is 0.733. The molecule has 0 aliphatic heterocycles. The first-order valence-electron chi connectivity index (χ1n) is 5.51. The lowest BCUT2D eigenvalue weighted by atomic mass is 10.0. The summed E-state index contributed by atoms with van der Waals surface area (Å²) in [5, 5.41) is 4.13. The van der Waals surface area contributed by atoms with Gasteiger partial charge in [-0.05, 0) is 48.4 Å². The van der Waals surface area contributed by atoms with Gasteiger partial charge in [0.2, 0.25) is 0 Å². The maximum Gasteiger partial charge on any atom is 0.128 e. The zero-order chi connectivity index (χ0) is 12.3. The van der Waals surface area contributed by atoms with E-state index in [2.05, 4.69) is 17.4 Å². The van der Waals surface area contributed by atoms with Crippen LogP contribution in [-0.2, 0) is 0 Å². The Morgan fingerprint density at radius 2 is 2.12 bits per heavy atom. The van der Waals surface area contributed by atoms with Crippen LogP contribution in [0.1, 0.15) is 19.4 Å². The third-order valence-electron chi connectivity index (χ3n) is 2.35. The number of rotatable bonds is 3. The Balaban J connectivity index is 2.57. The first kappa shape index (κ1) is 11.8. The van der Waals surface area contributed by atoms with Gasteiger partial charge in [-0.3, -0.25) is 0 Å². The van der Waals surface area contributed by atoms with Gasteiger partial charge in [0.25, 0.3) is 0 Å². The molecule has 17 heavy (non-hydrogen) atoms. The molecule has 0 N–H and O–H groups in total. The Morgan fingerprint density at radius 1 is 1.29 bits per heavy atom. The zero-order valence-corrected chi connectivity index (χ0v) is 10.8. The van der Waals surface area contributed by atoms with Gasteiger partial charge in [0.05, 0.1) is 6.10 Å². The molecule has 1 nitrogen and oxygen atoms in total. The Kier molecular flexibility index (Phi) is 3.51. The summed E-state index contributed by atoms with van der Waals surface area (Å²) in [5.74, 6) is 3.58. The van der Waals surface area contributed by atoms with E-state index in [0.717, 1.165) is 22.4 Å². The van der Waals surface area contributed by atoms with E-state index in [-0.39, 0.29) is 6.10 Å². The zero-order valence-electron chi connectivity index (χ0n) is 9.94. The molecule has 1 aromatic heterocycles. The normalized spacial score (nSPS) is 10.2. The molecule has 0 radical (unpaired) electrons. The topological polar surface area (TPSA) is 9.23 Å². The van der Waals surface area contributed by atoms with Crippen LogP contribution in [0.5, 0.6) is 5.75 Å². The predicted octanol–water partition coefficient (Wildman–Crippen LogP) is 4.18. The minimum Gasteiger partial charge on any atom is -0.490 e. The van der Waals surface area contributed by atoms with Gasteiger partial charge < -0.3 is 4.74 Å². The first-order valence-corrected chi connectivity index (χ1v) is 6.45. The molecule has 2 rings (SSSR count). The number of hydrogen-bond acceptors (Lipinski definition) is 2. The molecule has 0 bridgehead atoms. The highest BCUT2D eigenvalue weighted by atomic mass is 32.1. The van der Waals surface area contributed by atoms with E-state index in [1.54, 1.807) is 11.3 Å². The SMILES string of the molecule is C#Cc1cccc(OC(C)C)c1-c1ccsc1. The molecule has 0 saturated carbocycles. The molecule has 2 heteroatoms. The number of benzene rings is 1. The van der Waals surface area contributed by atoms with Gasteiger partial charge in [0, 0.05) is 11.1 Å². The molecular weight excluding hydrogens is 228 g/mol. The molecule has 0 spiro atoms. The van der Waals surface area contributed by atoms with E-state index in [4.69, 9.17) is 11.2 Å². The van der Waals surface area contributed by atoms with Gasteiger partial charge in [-0.25, -0.2) is 0 Å². The van der Waals surface area contributed by atoms with Crippen molar-refractivity contribution in [3.63, 3.8) is 0 Å². The van der Waals surface area contributed by atoms with Crippen LogP contribution in [0, 0.1) is 12.3 Å². The standard InChI is InChI=1S/C15H14OS/c1-4-12-6-5-7-14(16-11(2)3)15(12)13-8-9-17-10-13/h1,5-11H,2-3H3. The van der Waals surface area contributed by atoms with Crippen molar-refractivity contribution in [2.45, 2.75) is 20.0 Å². The van der Waals surface area contributed by atoms with Crippen LogP contribution >= 0.6 is 11.3 Å². The molecular formula is C15H14OS. The minimum absolute atomic E-state index is 0.139. The molecule has 0 saturated heterocycles. The van der Waals surface area contributed by atoms with Gasteiger partial charge in [-0.15, -0.1) is 6.42 Å². The number of ether oxygens (including phenoxy) is 1. The van der Waals surface area contributed by atoms with Gasteiger partial charge in [0.1, 0.15) is 5.75 Å². The van der Waals surface area contributed by atoms with E-state index in [1.807, 2.05) is 37.4 Å². The molecule has 0 unspecified atom stereocenters. The molecule has 0 atom stereocenters. The predicted molar refractivity (Wildman–Crippen MR) is 73.5 cm³/mol. The van der Waals surface area contributed by atoms with Crippen LogP contribution in [0.2, 0.25) is 0 Å². The lowest BCUT2D eigenvalue weighted by Crippen LogP contribution is -2.06. The van der Waals surface area contributed by atoms with Gasteiger partial charge >= 0.3 is 0 Å². The van der Waals surface area contributed by atoms with Gasteiger partial charge in [0.15, 0.2) is 0 Å². The average molecular weight is 242 g/mol. The molecule has 86 valence electrons. The fourth-order valence-corrected chi connectivity index (χ4v) is 2.35. The molecule has 2 aromatic rings. The monoisotopic (exact) mass is 242 g/mol. The molecule has 0 fully saturated rings. The second-order valence-electron chi connectivity index (χ2n) is 4.00. The van der Waals surface area contributed by atoms with Gasteiger partial charge in [-0.2, -0.15) is 11.3 Å². The lowest BCUT2D eigenvalue weighted by Gasteiger charge is -2.15. The van der Waals surface area contributed by atoms with Crippen LogP contribution in [0.15, 0.2) is 35.0 Å². The molecule has 0 aliphatic carbocycles. The Morgan fingerprint density at radius 3 is 2.71 bits per heavy atom. The summed E-state index contributed by atoms with van der Waals surface area (Å²) in [6, 6.07) is 7.91. The summed E-state index contributed by atoms with van der Waals surface area (Å²) in [6.45, 7) is 4.03. The van der Waals surface area contributed by atoms with Crippen molar-refractivity contribution in [3.05, 3.63) is 40.6 Å². The van der Waals surface area contributed by atoms with E-state index in [1.165, 1.54) is 0 Å². The van der Waals surface area contributed by atoms with Crippen molar-refractivity contribution in [2.75, 3.05) is 0 Å². The summed E-state index contributed by atoms with van der Waals surface area (Å²) >= 11 is 1.66. The molecule has 0 aliphatic rings. The average Bonchev–Trinajstić information content (AvgIpc) is 2.81. The maximum absolute atomic E-state index is 5.82. The minimum atomic E-state index is 0.139. The van der Waals surface area contributed by atoms with E-state index in [9.17, 15) is 0 Å². The number of thiophene rings is 1. The van der Waals surface area contributed by atoms with Crippen molar-refractivity contribution in [3.8, 4) is 29.2 Å². The van der Waals surface area contributed by atoms with Crippen molar-refractivity contribution < 1.29 is 4.74 Å². The van der Waals surface area contributed by atoms with Gasteiger partial charge in [-0.1, -0.05) is 12.0 Å². The van der Waals surface area contributed by atoms with E-state index in [0.29, 0.717) is 0 Å². The summed E-state index contributed by atoms with van der Waals surface area (Å²) in [7, 11) is 0. The van der Waals surface area contributed by atoms with E-state index >= 15 is 0 Å². The molecule has 1 heterocycles. The second kappa shape index (κ2) is 5.07. The molecule has 1 aromatic carbocycles. The van der Waals surface area contributed by atoms with Crippen molar-refractivity contribution in [1.82, 2.24) is 0 Å². The van der Waals surface area contributed by atoms with Crippen LogP contribution in [0.4, 0.5) is 0 Å². The van der Waals surface area contributed by atoms with Crippen LogP contribution < -0.4 is 4.74 Å². The van der Waals surface area contributed by atoms with Crippen LogP contribution in [0.25, 0.3) is 11.1 Å². The number of hydrogen-bond donors (Lipinski definition) is 0. The van der Waals surface area contributed by atoms with Crippen LogP contribution in [0.3, 0.4) is 0 Å². The van der Waals surface area contributed by atoms with E-state index < -0.39 is 0 Å². The second-order valence-corrected chi connectivity index (χ2v) is 4.78. The van der Waals surface area contributed by atoms with Crippen LogP contribution in [-0.4, -0.2) is 6.10 Å². The summed E-state index contributed by atoms with van der Waals surface area (Å²) in [4.78, 5) is 0. The highest BCUT2D eigenvalue weighted by Crippen LogP contribution is 2.34. The van der Waals surface area contributed by atoms with Crippen molar-refractivity contribution in [2.24, 2.45) is 0 Å². The third-order valence-corrected chi connectivity index (χ3v) is 3.04. The Hall–Kier alpha value is -1.72. The fourth-order valence-electron chi connectivity index (χ4n) is 1.71. The lowest BCUT2D eigenvalue weighted by molar-refractivity contribution is 0.243. The third kappa shape index (κ3) is 2.51. The summed E-state index contributed by atoms with van der Waals surface area (Å²) in [6.07, 6.45) is 5.69. The summed E-state index contributed by atoms with van der Waals surface area (Å²) < 4.78 is 5.82. The Bertz CT molecular complexity index is 533. The highest BCUT2D eigenvalue weighted by molar-refractivity contribution is 7.08. The first-order chi connectivity index (χ1) is 8.22. The smallest absolute Gasteiger partial charge is 0.128 e. The maximum atomic E-state index is 5.82. The largest absolute Gasteiger partial charge is 0.490 e. The molecule has 0 amide bonds. The fraction of sp³-hybridized carbons (Fsp3) is 0.200. The Labute approximate surface area is 106 Å². The summed E-state index contributed by atoms with van der Waals surface area (Å²) in [5.41, 5.74) is 3.02. The van der Waals surface area contributed by atoms with Crippen molar-refractivity contribution >= 4 is 11.3 Å².